The van der Waals surface area contributed by atoms with Gasteiger partial charge in [0.05, 0.1) is 0 Å². The molecule has 1 heterocycles. The fourth-order valence-corrected chi connectivity index (χ4v) is 2.70. The number of nitrogens with one attached hydrogen (secondary N) is 1. The third-order valence-electron chi connectivity index (χ3n) is 3.68. The molecule has 1 aliphatic rings. The topological polar surface area (TPSA) is 47.3 Å². The van der Waals surface area contributed by atoms with E-state index < -0.39 is 0 Å². The smallest absolute Gasteiger partial charge is 0.0492 e. The summed E-state index contributed by atoms with van der Waals surface area (Å²) in [6.45, 7) is 5.99. The van der Waals surface area contributed by atoms with E-state index in [4.69, 9.17) is 10.6 Å². The Morgan fingerprint density at radius 2 is 2.00 bits per heavy atom. The molecule has 1 aliphatic heterocycles. The predicted octanol–water partition coefficient (Wildman–Crippen LogP) is 2.23. The molecule has 2 rings (SSSR count). The normalized spacial score (nSPS) is 19.2. The Bertz CT molecular complexity index is 372. The van der Waals surface area contributed by atoms with Crippen LogP contribution in [0.3, 0.4) is 0 Å². The Morgan fingerprint density at radius 3 is 2.59 bits per heavy atom. The minimum Gasteiger partial charge on any atom is -0.381 e. The highest BCUT2D eigenvalue weighted by molar-refractivity contribution is 5.33. The summed E-state index contributed by atoms with van der Waals surface area (Å²) >= 11 is 0. The van der Waals surface area contributed by atoms with Crippen molar-refractivity contribution in [2.24, 2.45) is 11.8 Å². The summed E-state index contributed by atoms with van der Waals surface area (Å²) in [6, 6.07) is 6.83. The van der Waals surface area contributed by atoms with E-state index >= 15 is 0 Å². The number of nitrogens with two attached hydrogens (primary N) is 1. The second kappa shape index (κ2) is 5.63. The van der Waals surface area contributed by atoms with E-state index in [2.05, 4.69) is 37.5 Å². The van der Waals surface area contributed by atoms with Crippen LogP contribution in [0.4, 0.5) is 0 Å². The molecule has 0 saturated carbocycles. The average molecular weight is 234 g/mol. The molecule has 0 aliphatic carbocycles. The lowest BCUT2D eigenvalue weighted by Crippen LogP contribution is -2.36. The summed E-state index contributed by atoms with van der Waals surface area (Å²) in [6.07, 6.45) is 2.17. The Morgan fingerprint density at radius 1 is 1.29 bits per heavy atom. The lowest BCUT2D eigenvalue weighted by molar-refractivity contribution is 0.0535. The van der Waals surface area contributed by atoms with E-state index in [1.54, 1.807) is 0 Å². The summed E-state index contributed by atoms with van der Waals surface area (Å²) < 4.78 is 5.41. The molecule has 1 unspecified atom stereocenters. The molecule has 3 N–H and O–H groups in total. The van der Waals surface area contributed by atoms with Crippen LogP contribution in [-0.4, -0.2) is 13.2 Å². The number of rotatable bonds is 3. The van der Waals surface area contributed by atoms with Crippen molar-refractivity contribution in [2.45, 2.75) is 32.7 Å². The molecule has 1 saturated heterocycles. The SMILES string of the molecule is Cc1ccc(C(NN)C2CCOCC2)c(C)c1. The molecule has 17 heavy (non-hydrogen) atoms. The van der Waals surface area contributed by atoms with Gasteiger partial charge in [-0.3, -0.25) is 11.3 Å². The molecule has 0 aromatic heterocycles. The molecule has 0 amide bonds. The van der Waals surface area contributed by atoms with Gasteiger partial charge in [-0.25, -0.2) is 0 Å². The summed E-state index contributed by atoms with van der Waals surface area (Å²) in [5, 5.41) is 0. The number of ether oxygens (including phenoxy) is 1. The van der Waals surface area contributed by atoms with Crippen LogP contribution in [0, 0.1) is 19.8 Å². The van der Waals surface area contributed by atoms with Crippen LogP contribution in [-0.2, 0) is 4.74 Å². The molecule has 1 atom stereocenters. The molecule has 3 nitrogen and oxygen atoms in total. The molecule has 0 bridgehead atoms. The van der Waals surface area contributed by atoms with Crippen molar-refractivity contribution in [1.82, 2.24) is 5.43 Å². The van der Waals surface area contributed by atoms with Gasteiger partial charge in [0.2, 0.25) is 0 Å². The van der Waals surface area contributed by atoms with Crippen LogP contribution >= 0.6 is 0 Å². The Kier molecular flexibility index (Phi) is 4.15. The maximum absolute atomic E-state index is 5.75. The number of hydrazine groups is 1. The minimum absolute atomic E-state index is 0.250. The van der Waals surface area contributed by atoms with Gasteiger partial charge < -0.3 is 4.74 Å². The second-order valence-corrected chi connectivity index (χ2v) is 4.95. The standard InChI is InChI=1S/C14H22N2O/c1-10-3-4-13(11(2)9-10)14(16-15)12-5-7-17-8-6-12/h3-4,9,12,14,16H,5-8,15H2,1-2H3. The van der Waals surface area contributed by atoms with Crippen LogP contribution in [0.1, 0.15) is 35.6 Å². The summed E-state index contributed by atoms with van der Waals surface area (Å²) in [5.41, 5.74) is 6.94. The van der Waals surface area contributed by atoms with Crippen LogP contribution in [0.5, 0.6) is 0 Å². The number of aryl methyl sites for hydroxylation is 2. The first-order valence-electron chi connectivity index (χ1n) is 6.33. The van der Waals surface area contributed by atoms with Crippen LogP contribution < -0.4 is 11.3 Å². The molecule has 0 radical (unpaired) electrons. The second-order valence-electron chi connectivity index (χ2n) is 4.95. The first kappa shape index (κ1) is 12.6. The van der Waals surface area contributed by atoms with E-state index in [9.17, 15) is 0 Å². The number of hydrogen-bond donors (Lipinski definition) is 2. The van der Waals surface area contributed by atoms with Crippen LogP contribution in [0.2, 0.25) is 0 Å². The molecule has 1 aromatic carbocycles. The van der Waals surface area contributed by atoms with Gasteiger partial charge in [0.15, 0.2) is 0 Å². The lowest BCUT2D eigenvalue weighted by atomic mass is 9.85. The van der Waals surface area contributed by atoms with Crippen molar-refractivity contribution in [3.63, 3.8) is 0 Å². The third kappa shape index (κ3) is 2.86. The van der Waals surface area contributed by atoms with Gasteiger partial charge in [0.25, 0.3) is 0 Å². The van der Waals surface area contributed by atoms with Gasteiger partial charge >= 0.3 is 0 Å². The Labute approximate surface area is 103 Å². The minimum atomic E-state index is 0.250. The quantitative estimate of drug-likeness (QED) is 0.623. The first-order valence-corrected chi connectivity index (χ1v) is 6.33. The lowest BCUT2D eigenvalue weighted by Gasteiger charge is -2.31. The highest BCUT2D eigenvalue weighted by Crippen LogP contribution is 2.31. The highest BCUT2D eigenvalue weighted by atomic mass is 16.5. The maximum Gasteiger partial charge on any atom is 0.0492 e. The Hall–Kier alpha value is -0.900. The highest BCUT2D eigenvalue weighted by Gasteiger charge is 2.25. The fourth-order valence-electron chi connectivity index (χ4n) is 2.70. The average Bonchev–Trinajstić information content (AvgIpc) is 2.34. The monoisotopic (exact) mass is 234 g/mol. The first-order chi connectivity index (χ1) is 8.22. The van der Waals surface area contributed by atoms with Gasteiger partial charge in [-0.05, 0) is 43.7 Å². The molecule has 0 spiro atoms. The summed E-state index contributed by atoms with van der Waals surface area (Å²) in [5.74, 6) is 6.33. The van der Waals surface area contributed by atoms with Crippen LogP contribution in [0.25, 0.3) is 0 Å². The zero-order valence-electron chi connectivity index (χ0n) is 10.7. The fraction of sp³-hybridized carbons (Fsp3) is 0.571. The molecular weight excluding hydrogens is 212 g/mol. The third-order valence-corrected chi connectivity index (χ3v) is 3.68. The van der Waals surface area contributed by atoms with Gasteiger partial charge in [0, 0.05) is 19.3 Å². The van der Waals surface area contributed by atoms with Crippen molar-refractivity contribution in [2.75, 3.05) is 13.2 Å². The van der Waals surface area contributed by atoms with E-state index in [0.29, 0.717) is 5.92 Å². The maximum atomic E-state index is 5.75. The van der Waals surface area contributed by atoms with E-state index in [0.717, 1.165) is 26.1 Å². The molecule has 1 aromatic rings. The predicted molar refractivity (Wildman–Crippen MR) is 69.5 cm³/mol. The number of hydrogen-bond acceptors (Lipinski definition) is 3. The molecule has 94 valence electrons. The Balaban J connectivity index is 2.21. The zero-order chi connectivity index (χ0) is 12.3. The van der Waals surface area contributed by atoms with Gasteiger partial charge in [0.1, 0.15) is 0 Å². The molecular formula is C14H22N2O. The van der Waals surface area contributed by atoms with Gasteiger partial charge in [-0.15, -0.1) is 0 Å². The van der Waals surface area contributed by atoms with Crippen molar-refractivity contribution in [3.8, 4) is 0 Å². The van der Waals surface area contributed by atoms with E-state index in [1.807, 2.05) is 0 Å². The largest absolute Gasteiger partial charge is 0.381 e. The van der Waals surface area contributed by atoms with E-state index in [1.165, 1.54) is 16.7 Å². The van der Waals surface area contributed by atoms with Gasteiger partial charge in [-0.1, -0.05) is 23.8 Å². The summed E-state index contributed by atoms with van der Waals surface area (Å²) in [4.78, 5) is 0. The van der Waals surface area contributed by atoms with Crippen molar-refractivity contribution in [3.05, 3.63) is 34.9 Å². The van der Waals surface area contributed by atoms with Crippen molar-refractivity contribution in [1.29, 1.82) is 0 Å². The van der Waals surface area contributed by atoms with Gasteiger partial charge in [-0.2, -0.15) is 0 Å². The van der Waals surface area contributed by atoms with Crippen molar-refractivity contribution < 1.29 is 4.74 Å². The number of benzene rings is 1. The van der Waals surface area contributed by atoms with Crippen molar-refractivity contribution >= 4 is 0 Å². The molecule has 1 fully saturated rings. The van der Waals surface area contributed by atoms with Crippen LogP contribution in [0.15, 0.2) is 18.2 Å². The zero-order valence-corrected chi connectivity index (χ0v) is 10.7. The van der Waals surface area contributed by atoms with E-state index in [-0.39, 0.29) is 6.04 Å². The summed E-state index contributed by atoms with van der Waals surface area (Å²) in [7, 11) is 0. The molecule has 3 heteroatoms.